The fourth-order valence-electron chi connectivity index (χ4n) is 1.51. The van der Waals surface area contributed by atoms with Gasteiger partial charge in [-0.1, -0.05) is 23.7 Å². The van der Waals surface area contributed by atoms with Crippen molar-refractivity contribution in [2.24, 2.45) is 0 Å². The second-order valence-electron chi connectivity index (χ2n) is 5.22. The van der Waals surface area contributed by atoms with Crippen LogP contribution in [0.5, 0.6) is 0 Å². The number of halogens is 1. The molecule has 19 heavy (non-hydrogen) atoms. The zero-order chi connectivity index (χ0) is 14.5. The molecule has 1 N–H and O–H groups in total. The number of alkyl carbamates (subject to hydrolysis) is 1. The van der Waals surface area contributed by atoms with Crippen LogP contribution in [0.2, 0.25) is 5.02 Å². The van der Waals surface area contributed by atoms with Crippen molar-refractivity contribution >= 4 is 24.0 Å². The van der Waals surface area contributed by atoms with Gasteiger partial charge in [0.1, 0.15) is 11.9 Å². The molecule has 0 saturated carbocycles. The number of carbonyl (C=O) groups excluding carboxylic acids is 2. The van der Waals surface area contributed by atoms with Gasteiger partial charge in [0, 0.05) is 5.02 Å². The van der Waals surface area contributed by atoms with Gasteiger partial charge in [-0.25, -0.2) is 4.79 Å². The summed E-state index contributed by atoms with van der Waals surface area (Å²) in [6.07, 6.45) is 0.459. The maximum atomic E-state index is 11.6. The maximum Gasteiger partial charge on any atom is 0.408 e. The Morgan fingerprint density at radius 3 is 2.68 bits per heavy atom. The van der Waals surface area contributed by atoms with Crippen molar-refractivity contribution in [3.05, 3.63) is 34.9 Å². The zero-order valence-corrected chi connectivity index (χ0v) is 12.0. The lowest BCUT2D eigenvalue weighted by molar-refractivity contribution is -0.109. The summed E-state index contributed by atoms with van der Waals surface area (Å²) in [5, 5.41) is 3.12. The molecule has 1 atom stereocenters. The third-order valence-electron chi connectivity index (χ3n) is 2.21. The minimum absolute atomic E-state index is 0.378. The van der Waals surface area contributed by atoms with Crippen LogP contribution in [0.15, 0.2) is 24.3 Å². The summed E-state index contributed by atoms with van der Waals surface area (Å²) in [5.74, 6) is 0. The molecule has 0 fully saturated rings. The van der Waals surface area contributed by atoms with Crippen molar-refractivity contribution in [1.29, 1.82) is 0 Å². The fourth-order valence-corrected chi connectivity index (χ4v) is 1.72. The van der Waals surface area contributed by atoms with E-state index in [4.69, 9.17) is 16.3 Å². The summed E-state index contributed by atoms with van der Waals surface area (Å²) in [7, 11) is 0. The quantitative estimate of drug-likeness (QED) is 0.864. The summed E-state index contributed by atoms with van der Waals surface area (Å²) in [6.45, 7) is 5.29. The second kappa shape index (κ2) is 6.57. The molecule has 0 aliphatic heterocycles. The topological polar surface area (TPSA) is 55.4 Å². The highest BCUT2D eigenvalue weighted by atomic mass is 35.5. The van der Waals surface area contributed by atoms with E-state index in [-0.39, 0.29) is 0 Å². The van der Waals surface area contributed by atoms with Gasteiger partial charge < -0.3 is 14.8 Å². The van der Waals surface area contributed by atoms with Crippen molar-refractivity contribution in [3.8, 4) is 0 Å². The number of hydrogen-bond donors (Lipinski definition) is 1. The Balaban J connectivity index is 2.59. The van der Waals surface area contributed by atoms with E-state index in [1.54, 1.807) is 39.0 Å². The fraction of sp³-hybridized carbons (Fsp3) is 0.429. The van der Waals surface area contributed by atoms with Gasteiger partial charge in [-0.2, -0.15) is 0 Å². The molecule has 0 heterocycles. The second-order valence-corrected chi connectivity index (χ2v) is 5.66. The molecule has 5 heteroatoms. The van der Waals surface area contributed by atoms with Gasteiger partial charge in [-0.05, 0) is 44.9 Å². The molecule has 1 amide bonds. The van der Waals surface area contributed by atoms with Gasteiger partial charge in [-0.3, -0.25) is 0 Å². The summed E-state index contributed by atoms with van der Waals surface area (Å²) >= 11 is 5.86. The highest BCUT2D eigenvalue weighted by Gasteiger charge is 2.19. The average Bonchev–Trinajstić information content (AvgIpc) is 2.25. The Morgan fingerprint density at radius 1 is 1.47 bits per heavy atom. The molecule has 1 aromatic carbocycles. The predicted molar refractivity (Wildman–Crippen MR) is 74.4 cm³/mol. The molecule has 4 nitrogen and oxygen atoms in total. The molecule has 1 aromatic rings. The molecule has 0 radical (unpaired) electrons. The minimum Gasteiger partial charge on any atom is -0.444 e. The average molecular weight is 284 g/mol. The highest BCUT2D eigenvalue weighted by Crippen LogP contribution is 2.12. The van der Waals surface area contributed by atoms with Crippen LogP contribution in [0, 0.1) is 0 Å². The van der Waals surface area contributed by atoms with E-state index in [9.17, 15) is 9.59 Å². The standard InChI is InChI=1S/C14H18ClNO3/c1-14(2,3)19-13(18)16-12(9-17)8-10-5-4-6-11(15)7-10/h4-7,9,12H,8H2,1-3H3,(H,16,18). The van der Waals surface area contributed by atoms with Crippen LogP contribution in [0.1, 0.15) is 26.3 Å². The number of carbonyl (C=O) groups is 2. The molecule has 1 unspecified atom stereocenters. The highest BCUT2D eigenvalue weighted by molar-refractivity contribution is 6.30. The lowest BCUT2D eigenvalue weighted by Gasteiger charge is -2.21. The summed E-state index contributed by atoms with van der Waals surface area (Å²) in [4.78, 5) is 22.6. The normalized spacial score (nSPS) is 12.6. The first-order valence-electron chi connectivity index (χ1n) is 5.99. The van der Waals surface area contributed by atoms with Crippen LogP contribution in [-0.2, 0) is 16.0 Å². The number of nitrogens with one attached hydrogen (secondary N) is 1. The van der Waals surface area contributed by atoms with Crippen LogP contribution < -0.4 is 5.32 Å². The van der Waals surface area contributed by atoms with Crippen LogP contribution in [0.4, 0.5) is 4.79 Å². The Kier molecular flexibility index (Phi) is 5.36. The number of rotatable bonds is 4. The SMILES string of the molecule is CC(C)(C)OC(=O)NC(C=O)Cc1cccc(Cl)c1. The first kappa shape index (κ1) is 15.5. The van der Waals surface area contributed by atoms with E-state index in [1.165, 1.54) is 0 Å². The molecule has 0 spiro atoms. The zero-order valence-electron chi connectivity index (χ0n) is 11.3. The van der Waals surface area contributed by atoms with Gasteiger partial charge in [-0.15, -0.1) is 0 Å². The van der Waals surface area contributed by atoms with Crippen molar-refractivity contribution in [3.63, 3.8) is 0 Å². The van der Waals surface area contributed by atoms with Crippen molar-refractivity contribution in [1.82, 2.24) is 5.32 Å². The van der Waals surface area contributed by atoms with Gasteiger partial charge in [0.15, 0.2) is 0 Å². The molecule has 1 rings (SSSR count). The number of amides is 1. The molecule has 0 aliphatic rings. The van der Waals surface area contributed by atoms with E-state index in [0.717, 1.165) is 5.56 Å². The van der Waals surface area contributed by atoms with Crippen LogP contribution in [0.25, 0.3) is 0 Å². The van der Waals surface area contributed by atoms with Gasteiger partial charge in [0.25, 0.3) is 0 Å². The molecule has 0 saturated heterocycles. The smallest absolute Gasteiger partial charge is 0.408 e. The summed E-state index contributed by atoms with van der Waals surface area (Å²) in [6, 6.07) is 6.52. The van der Waals surface area contributed by atoms with Gasteiger partial charge in [0.2, 0.25) is 0 Å². The molecule has 0 aliphatic carbocycles. The number of ether oxygens (including phenoxy) is 1. The third kappa shape index (κ3) is 6.25. The largest absolute Gasteiger partial charge is 0.444 e. The Labute approximate surface area is 118 Å². The Morgan fingerprint density at radius 2 is 2.16 bits per heavy atom. The molecule has 0 aromatic heterocycles. The number of aldehydes is 1. The van der Waals surface area contributed by atoms with Crippen molar-refractivity contribution in [2.75, 3.05) is 0 Å². The van der Waals surface area contributed by atoms with E-state index in [2.05, 4.69) is 5.32 Å². The Hall–Kier alpha value is -1.55. The monoisotopic (exact) mass is 283 g/mol. The van der Waals surface area contributed by atoms with Crippen LogP contribution >= 0.6 is 11.6 Å². The molecular formula is C14H18ClNO3. The van der Waals surface area contributed by atoms with E-state index >= 15 is 0 Å². The van der Waals surface area contributed by atoms with E-state index in [0.29, 0.717) is 17.7 Å². The molecular weight excluding hydrogens is 266 g/mol. The van der Waals surface area contributed by atoms with Crippen LogP contribution in [0.3, 0.4) is 0 Å². The lowest BCUT2D eigenvalue weighted by atomic mass is 10.1. The lowest BCUT2D eigenvalue weighted by Crippen LogP contribution is -2.41. The van der Waals surface area contributed by atoms with Crippen molar-refractivity contribution in [2.45, 2.75) is 38.8 Å². The van der Waals surface area contributed by atoms with Gasteiger partial charge >= 0.3 is 6.09 Å². The van der Waals surface area contributed by atoms with Crippen molar-refractivity contribution < 1.29 is 14.3 Å². The first-order valence-corrected chi connectivity index (χ1v) is 6.37. The number of hydrogen-bond acceptors (Lipinski definition) is 3. The van der Waals surface area contributed by atoms with Gasteiger partial charge in [0.05, 0.1) is 6.04 Å². The minimum atomic E-state index is -0.631. The number of benzene rings is 1. The maximum absolute atomic E-state index is 11.6. The third-order valence-corrected chi connectivity index (χ3v) is 2.45. The summed E-state index contributed by atoms with van der Waals surface area (Å²) in [5.41, 5.74) is 0.286. The predicted octanol–water partition coefficient (Wildman–Crippen LogP) is 2.97. The van der Waals surface area contributed by atoms with Crippen LogP contribution in [-0.4, -0.2) is 24.0 Å². The molecule has 104 valence electrons. The summed E-state index contributed by atoms with van der Waals surface area (Å²) < 4.78 is 5.10. The van der Waals surface area contributed by atoms with E-state index in [1.807, 2.05) is 6.07 Å². The Bertz CT molecular complexity index is 454. The van der Waals surface area contributed by atoms with E-state index < -0.39 is 17.7 Å². The first-order chi connectivity index (χ1) is 8.80. The molecule has 0 bridgehead atoms.